The summed E-state index contributed by atoms with van der Waals surface area (Å²) in [4.78, 5) is 0. The Hall–Kier alpha value is -1.98. The monoisotopic (exact) mass is 318 g/mol. The molecule has 4 rings (SSSR count). The minimum atomic E-state index is -0.460. The lowest BCUT2D eigenvalue weighted by atomic mass is 10.1. The van der Waals surface area contributed by atoms with Gasteiger partial charge in [0.05, 0.1) is 25.4 Å². The Balaban J connectivity index is 1.57. The van der Waals surface area contributed by atoms with Crippen LogP contribution in [0.3, 0.4) is 0 Å². The molecule has 0 aliphatic carbocycles. The minimum absolute atomic E-state index is 0.0295. The molecular formula is C18H16F2O3. The first kappa shape index (κ1) is 14.6. The molecule has 2 aromatic rings. The molecule has 2 fully saturated rings. The summed E-state index contributed by atoms with van der Waals surface area (Å²) in [5.74, 6) is -0.861. The largest absolute Gasteiger partial charge is 0.451 e. The summed E-state index contributed by atoms with van der Waals surface area (Å²) < 4.78 is 44.7. The summed E-state index contributed by atoms with van der Waals surface area (Å²) in [7, 11) is 0. The maximum atomic E-state index is 14.5. The van der Waals surface area contributed by atoms with Gasteiger partial charge in [0.2, 0.25) is 0 Å². The van der Waals surface area contributed by atoms with Crippen LogP contribution in [0.25, 0.3) is 0 Å². The van der Waals surface area contributed by atoms with Gasteiger partial charge in [-0.2, -0.15) is 0 Å². The molecule has 2 atom stereocenters. The highest BCUT2D eigenvalue weighted by molar-refractivity contribution is 5.39. The lowest BCUT2D eigenvalue weighted by Crippen LogP contribution is -2.01. The van der Waals surface area contributed by atoms with Gasteiger partial charge >= 0.3 is 0 Å². The van der Waals surface area contributed by atoms with Crippen molar-refractivity contribution in [1.29, 1.82) is 0 Å². The third-order valence-corrected chi connectivity index (χ3v) is 4.01. The quantitative estimate of drug-likeness (QED) is 0.763. The molecule has 23 heavy (non-hydrogen) atoms. The van der Waals surface area contributed by atoms with Gasteiger partial charge in [0, 0.05) is 12.8 Å². The number of hydrogen-bond donors (Lipinski definition) is 0. The van der Waals surface area contributed by atoms with Crippen molar-refractivity contribution in [2.45, 2.75) is 25.0 Å². The molecule has 2 aliphatic heterocycles. The lowest BCUT2D eigenvalue weighted by Gasteiger charge is -2.12. The molecule has 0 saturated carbocycles. The van der Waals surface area contributed by atoms with Crippen molar-refractivity contribution in [2.75, 3.05) is 13.2 Å². The number of epoxide rings is 2. The molecule has 2 aromatic carbocycles. The van der Waals surface area contributed by atoms with Gasteiger partial charge in [-0.1, -0.05) is 24.3 Å². The molecule has 0 bridgehead atoms. The highest BCUT2D eigenvalue weighted by atomic mass is 19.1. The molecule has 2 aliphatic rings. The van der Waals surface area contributed by atoms with E-state index >= 15 is 0 Å². The van der Waals surface area contributed by atoms with E-state index < -0.39 is 11.6 Å². The Morgan fingerprint density at radius 3 is 1.65 bits per heavy atom. The summed E-state index contributed by atoms with van der Waals surface area (Å²) in [5.41, 5.74) is 1.04. The van der Waals surface area contributed by atoms with Crippen LogP contribution in [0.1, 0.15) is 11.1 Å². The second-order valence-electron chi connectivity index (χ2n) is 5.88. The molecule has 0 N–H and O–H groups in total. The van der Waals surface area contributed by atoms with Crippen molar-refractivity contribution >= 4 is 0 Å². The van der Waals surface area contributed by atoms with E-state index in [9.17, 15) is 8.78 Å². The molecule has 2 saturated heterocycles. The predicted octanol–water partition coefficient (Wildman–Crippen LogP) is 3.64. The molecule has 0 radical (unpaired) electrons. The fraction of sp³-hybridized carbons (Fsp3) is 0.333. The standard InChI is InChI=1S/C18H16F2O3/c19-17-11(7-13-9-21-13)3-1-5-15(17)23-16-6-2-4-12(18(16)20)8-14-10-22-14/h1-6,13-14H,7-10H2/t13-,14-/m0/s1. The van der Waals surface area contributed by atoms with Gasteiger partial charge < -0.3 is 14.2 Å². The van der Waals surface area contributed by atoms with Crippen molar-refractivity contribution in [3.63, 3.8) is 0 Å². The number of halogens is 2. The maximum Gasteiger partial charge on any atom is 0.168 e. The van der Waals surface area contributed by atoms with E-state index in [1.807, 2.05) is 0 Å². The predicted molar refractivity (Wildman–Crippen MR) is 79.8 cm³/mol. The van der Waals surface area contributed by atoms with Gasteiger partial charge in [-0.3, -0.25) is 0 Å². The lowest BCUT2D eigenvalue weighted by molar-refractivity contribution is 0.390. The maximum absolute atomic E-state index is 14.5. The van der Waals surface area contributed by atoms with E-state index in [-0.39, 0.29) is 23.7 Å². The summed E-state index contributed by atoms with van der Waals surface area (Å²) in [6.45, 7) is 1.31. The highest BCUT2D eigenvalue weighted by Crippen LogP contribution is 2.32. The van der Waals surface area contributed by atoms with Gasteiger partial charge in [0.25, 0.3) is 0 Å². The van der Waals surface area contributed by atoms with Crippen LogP contribution in [0.2, 0.25) is 0 Å². The number of hydrogen-bond acceptors (Lipinski definition) is 3. The Kier molecular flexibility index (Phi) is 3.75. The Morgan fingerprint density at radius 2 is 1.26 bits per heavy atom. The van der Waals surface area contributed by atoms with E-state index in [0.717, 1.165) is 0 Å². The van der Waals surface area contributed by atoms with Crippen molar-refractivity contribution in [2.24, 2.45) is 0 Å². The topological polar surface area (TPSA) is 34.3 Å². The third kappa shape index (κ3) is 3.35. The summed E-state index contributed by atoms with van der Waals surface area (Å²) in [6, 6.07) is 9.80. The second-order valence-corrected chi connectivity index (χ2v) is 5.88. The first-order valence-corrected chi connectivity index (χ1v) is 7.66. The zero-order valence-electron chi connectivity index (χ0n) is 12.4. The average molecular weight is 318 g/mol. The van der Waals surface area contributed by atoms with Gasteiger partial charge in [-0.25, -0.2) is 8.78 Å². The molecule has 0 unspecified atom stereocenters. The third-order valence-electron chi connectivity index (χ3n) is 4.01. The summed E-state index contributed by atoms with van der Waals surface area (Å²) in [6.07, 6.45) is 1.17. The second kappa shape index (κ2) is 5.91. The molecule has 5 heteroatoms. The van der Waals surface area contributed by atoms with E-state index in [4.69, 9.17) is 14.2 Å². The number of benzene rings is 2. The van der Waals surface area contributed by atoms with Gasteiger partial charge in [-0.05, 0) is 23.3 Å². The van der Waals surface area contributed by atoms with Crippen LogP contribution < -0.4 is 4.74 Å². The van der Waals surface area contributed by atoms with Crippen LogP contribution in [0.4, 0.5) is 8.78 Å². The molecule has 0 aromatic heterocycles. The van der Waals surface area contributed by atoms with Crippen molar-refractivity contribution < 1.29 is 23.0 Å². The first-order valence-electron chi connectivity index (χ1n) is 7.66. The fourth-order valence-corrected chi connectivity index (χ4v) is 2.57. The number of ether oxygens (including phenoxy) is 3. The molecular weight excluding hydrogens is 302 g/mol. The zero-order chi connectivity index (χ0) is 15.8. The minimum Gasteiger partial charge on any atom is -0.451 e. The van der Waals surface area contributed by atoms with Crippen molar-refractivity contribution in [3.05, 3.63) is 59.2 Å². The highest BCUT2D eigenvalue weighted by Gasteiger charge is 2.26. The molecule has 2 heterocycles. The van der Waals surface area contributed by atoms with E-state index in [0.29, 0.717) is 37.2 Å². The Labute approximate surface area is 132 Å². The van der Waals surface area contributed by atoms with E-state index in [1.165, 1.54) is 12.1 Å². The normalized spacial score (nSPS) is 22.0. The average Bonchev–Trinajstić information content (AvgIpc) is 3.43. The summed E-state index contributed by atoms with van der Waals surface area (Å²) >= 11 is 0. The molecule has 0 spiro atoms. The van der Waals surface area contributed by atoms with Gasteiger partial charge in [0.15, 0.2) is 23.1 Å². The van der Waals surface area contributed by atoms with Gasteiger partial charge in [-0.15, -0.1) is 0 Å². The Morgan fingerprint density at radius 1 is 0.826 bits per heavy atom. The Bertz CT molecular complexity index is 663. The van der Waals surface area contributed by atoms with E-state index in [2.05, 4.69) is 0 Å². The number of rotatable bonds is 6. The van der Waals surface area contributed by atoms with Crippen LogP contribution >= 0.6 is 0 Å². The van der Waals surface area contributed by atoms with Crippen LogP contribution in [0.5, 0.6) is 11.5 Å². The summed E-state index contributed by atoms with van der Waals surface area (Å²) in [5, 5.41) is 0. The van der Waals surface area contributed by atoms with E-state index in [1.54, 1.807) is 24.3 Å². The van der Waals surface area contributed by atoms with Gasteiger partial charge in [0.1, 0.15) is 0 Å². The smallest absolute Gasteiger partial charge is 0.168 e. The van der Waals surface area contributed by atoms with Crippen LogP contribution in [0, 0.1) is 11.6 Å². The molecule has 120 valence electrons. The van der Waals surface area contributed by atoms with Crippen molar-refractivity contribution in [1.82, 2.24) is 0 Å². The van der Waals surface area contributed by atoms with Crippen molar-refractivity contribution in [3.8, 4) is 11.5 Å². The van der Waals surface area contributed by atoms with Crippen LogP contribution in [-0.2, 0) is 22.3 Å². The zero-order valence-corrected chi connectivity index (χ0v) is 12.4. The molecule has 0 amide bonds. The fourth-order valence-electron chi connectivity index (χ4n) is 2.57. The first-order chi connectivity index (χ1) is 11.2. The van der Waals surface area contributed by atoms with Crippen LogP contribution in [-0.4, -0.2) is 25.4 Å². The van der Waals surface area contributed by atoms with Crippen LogP contribution in [0.15, 0.2) is 36.4 Å². The molecule has 3 nitrogen and oxygen atoms in total. The SMILES string of the molecule is Fc1c(C[C@H]2CO2)cccc1Oc1cccc(C[C@H]2CO2)c1F.